The van der Waals surface area contributed by atoms with Gasteiger partial charge in [0, 0.05) is 12.1 Å². The van der Waals surface area contributed by atoms with Crippen LogP contribution in [-0.4, -0.2) is 24.4 Å². The number of hydrogen-bond donors (Lipinski definition) is 3. The molecule has 0 unspecified atom stereocenters. The highest BCUT2D eigenvalue weighted by molar-refractivity contribution is 5.96. The van der Waals surface area contributed by atoms with Crippen molar-refractivity contribution in [2.45, 2.75) is 25.7 Å². The smallest absolute Gasteiger partial charge is 0.356 e. The highest BCUT2D eigenvalue weighted by atomic mass is 16.5. The fourth-order valence-corrected chi connectivity index (χ4v) is 2.62. The number of amides is 2. The molecule has 0 fully saturated rings. The molecule has 0 atom stereocenters. The van der Waals surface area contributed by atoms with E-state index >= 15 is 0 Å². The van der Waals surface area contributed by atoms with Crippen LogP contribution in [0.5, 0.6) is 0 Å². The third-order valence-corrected chi connectivity index (χ3v) is 3.76. The van der Waals surface area contributed by atoms with Gasteiger partial charge in [0.15, 0.2) is 6.61 Å². The normalized spacial score (nSPS) is 15.8. The first-order valence-electron chi connectivity index (χ1n) is 7.45. The number of carbonyl (C=O) groups is 3. The first-order valence-corrected chi connectivity index (χ1v) is 7.45. The standard InChI is InChI=1S/C16H17N3O4/c20-14-7-6-13(18-19-14)16(22)23-9-15(21)17-12-5-4-10-2-1-3-11(10)8-12/h4-6,8,18H,1-3,7,9H2,(H,17,21)(H,19,20). The summed E-state index contributed by atoms with van der Waals surface area (Å²) < 4.78 is 4.91. The highest BCUT2D eigenvalue weighted by Gasteiger charge is 2.18. The van der Waals surface area contributed by atoms with Crippen LogP contribution in [0, 0.1) is 0 Å². The summed E-state index contributed by atoms with van der Waals surface area (Å²) in [5, 5.41) is 2.71. The van der Waals surface area contributed by atoms with E-state index in [4.69, 9.17) is 4.74 Å². The molecule has 1 aromatic rings. The third-order valence-electron chi connectivity index (χ3n) is 3.76. The monoisotopic (exact) mass is 315 g/mol. The number of benzene rings is 1. The van der Waals surface area contributed by atoms with Crippen molar-refractivity contribution in [3.8, 4) is 0 Å². The van der Waals surface area contributed by atoms with Crippen molar-refractivity contribution in [2.75, 3.05) is 11.9 Å². The molecule has 0 saturated carbocycles. The van der Waals surface area contributed by atoms with Gasteiger partial charge >= 0.3 is 5.97 Å². The molecule has 23 heavy (non-hydrogen) atoms. The van der Waals surface area contributed by atoms with E-state index in [0.717, 1.165) is 19.3 Å². The third kappa shape index (κ3) is 3.68. The largest absolute Gasteiger partial charge is 0.451 e. The Morgan fingerprint density at radius 1 is 1.17 bits per heavy atom. The summed E-state index contributed by atoms with van der Waals surface area (Å²) in [5.74, 6) is -1.33. The van der Waals surface area contributed by atoms with Gasteiger partial charge in [0.1, 0.15) is 5.70 Å². The Morgan fingerprint density at radius 2 is 2.00 bits per heavy atom. The molecule has 0 radical (unpaired) electrons. The Bertz CT molecular complexity index is 697. The lowest BCUT2D eigenvalue weighted by Crippen LogP contribution is -2.42. The zero-order valence-electron chi connectivity index (χ0n) is 12.5. The molecule has 0 bridgehead atoms. The minimum Gasteiger partial charge on any atom is -0.451 e. The molecule has 1 aromatic carbocycles. The zero-order valence-corrected chi connectivity index (χ0v) is 12.5. The predicted octanol–water partition coefficient (Wildman–Crippen LogP) is 0.565. The lowest BCUT2D eigenvalue weighted by Gasteiger charge is -2.15. The van der Waals surface area contributed by atoms with Crippen LogP contribution in [-0.2, 0) is 32.0 Å². The number of anilines is 1. The summed E-state index contributed by atoms with van der Waals surface area (Å²) in [5.41, 5.74) is 8.14. The van der Waals surface area contributed by atoms with Crippen LogP contribution in [0.2, 0.25) is 0 Å². The van der Waals surface area contributed by atoms with Gasteiger partial charge < -0.3 is 10.1 Å². The van der Waals surface area contributed by atoms with E-state index in [1.807, 2.05) is 18.2 Å². The van der Waals surface area contributed by atoms with E-state index in [0.29, 0.717) is 5.69 Å². The van der Waals surface area contributed by atoms with E-state index in [9.17, 15) is 14.4 Å². The molecule has 1 aliphatic carbocycles. The zero-order chi connectivity index (χ0) is 16.2. The number of ether oxygens (including phenoxy) is 1. The molecule has 0 aromatic heterocycles. The van der Waals surface area contributed by atoms with Crippen molar-refractivity contribution < 1.29 is 19.1 Å². The second-order valence-electron chi connectivity index (χ2n) is 5.46. The molecule has 7 heteroatoms. The van der Waals surface area contributed by atoms with Crippen molar-refractivity contribution in [2.24, 2.45) is 0 Å². The fourth-order valence-electron chi connectivity index (χ4n) is 2.62. The number of hydrogen-bond acceptors (Lipinski definition) is 5. The molecule has 2 aliphatic rings. The van der Waals surface area contributed by atoms with Crippen LogP contribution in [0.3, 0.4) is 0 Å². The molecule has 1 heterocycles. The van der Waals surface area contributed by atoms with Gasteiger partial charge in [-0.2, -0.15) is 0 Å². The number of nitrogens with one attached hydrogen (secondary N) is 3. The number of rotatable bonds is 4. The summed E-state index contributed by atoms with van der Waals surface area (Å²) in [7, 11) is 0. The van der Waals surface area contributed by atoms with E-state index < -0.39 is 11.9 Å². The number of aryl methyl sites for hydroxylation is 2. The average Bonchev–Trinajstić information content (AvgIpc) is 3.01. The van der Waals surface area contributed by atoms with E-state index in [2.05, 4.69) is 16.2 Å². The van der Waals surface area contributed by atoms with Gasteiger partial charge in [0.2, 0.25) is 5.91 Å². The van der Waals surface area contributed by atoms with Gasteiger partial charge in [0.05, 0.1) is 0 Å². The summed E-state index contributed by atoms with van der Waals surface area (Å²) in [4.78, 5) is 34.5. The number of carbonyl (C=O) groups excluding carboxylic acids is 3. The summed E-state index contributed by atoms with van der Waals surface area (Å²) in [6.07, 6.45) is 4.76. The molecule has 1 aliphatic heterocycles. The Labute approximate surface area is 133 Å². The molecule has 2 amide bonds. The van der Waals surface area contributed by atoms with Crippen LogP contribution in [0.4, 0.5) is 5.69 Å². The van der Waals surface area contributed by atoms with Crippen molar-refractivity contribution in [3.05, 3.63) is 41.1 Å². The first kappa shape index (κ1) is 15.1. The van der Waals surface area contributed by atoms with Gasteiger partial charge in [-0.25, -0.2) is 4.79 Å². The average molecular weight is 315 g/mol. The van der Waals surface area contributed by atoms with Gasteiger partial charge in [0.25, 0.3) is 5.91 Å². The molecule has 120 valence electrons. The van der Waals surface area contributed by atoms with Gasteiger partial charge in [-0.3, -0.25) is 20.4 Å². The molecule has 0 spiro atoms. The first-order chi connectivity index (χ1) is 11.1. The maximum atomic E-state index is 11.9. The lowest BCUT2D eigenvalue weighted by atomic mass is 10.1. The van der Waals surface area contributed by atoms with Crippen molar-refractivity contribution >= 4 is 23.5 Å². The van der Waals surface area contributed by atoms with E-state index in [-0.39, 0.29) is 24.6 Å². The molecule has 3 N–H and O–H groups in total. The highest BCUT2D eigenvalue weighted by Crippen LogP contribution is 2.24. The second-order valence-corrected chi connectivity index (χ2v) is 5.46. The van der Waals surface area contributed by atoms with Crippen LogP contribution >= 0.6 is 0 Å². The topological polar surface area (TPSA) is 96.5 Å². The Hall–Kier alpha value is -2.83. The molecule has 7 nitrogen and oxygen atoms in total. The predicted molar refractivity (Wildman–Crippen MR) is 82.0 cm³/mol. The molecular formula is C16H17N3O4. The van der Waals surface area contributed by atoms with Crippen molar-refractivity contribution in [1.82, 2.24) is 10.9 Å². The molecule has 3 rings (SSSR count). The summed E-state index contributed by atoms with van der Waals surface area (Å²) >= 11 is 0. The van der Waals surface area contributed by atoms with Crippen LogP contribution in [0.1, 0.15) is 24.0 Å². The molecule has 0 saturated heterocycles. The summed E-state index contributed by atoms with van der Waals surface area (Å²) in [6.45, 7) is -0.386. The maximum Gasteiger partial charge on any atom is 0.356 e. The second kappa shape index (κ2) is 6.51. The van der Waals surface area contributed by atoms with Crippen molar-refractivity contribution in [1.29, 1.82) is 0 Å². The minimum atomic E-state index is -0.686. The number of fused-ring (bicyclic) bond motifs is 1. The van der Waals surface area contributed by atoms with Crippen LogP contribution in [0.15, 0.2) is 30.0 Å². The summed E-state index contributed by atoms with van der Waals surface area (Å²) in [6, 6.07) is 5.83. The van der Waals surface area contributed by atoms with Crippen LogP contribution < -0.4 is 16.2 Å². The molecular weight excluding hydrogens is 298 g/mol. The lowest BCUT2D eigenvalue weighted by molar-refractivity contribution is -0.144. The van der Waals surface area contributed by atoms with Crippen LogP contribution in [0.25, 0.3) is 0 Å². The SMILES string of the molecule is O=C1CC=C(C(=O)OCC(=O)Nc2ccc3c(c2)CCC3)NN1. The number of esters is 1. The quantitative estimate of drug-likeness (QED) is 0.706. The Kier molecular flexibility index (Phi) is 4.27. The maximum absolute atomic E-state index is 11.9. The fraction of sp³-hybridized carbons (Fsp3) is 0.312. The van der Waals surface area contributed by atoms with Crippen molar-refractivity contribution in [3.63, 3.8) is 0 Å². The van der Waals surface area contributed by atoms with Gasteiger partial charge in [-0.05, 0) is 48.6 Å². The van der Waals surface area contributed by atoms with E-state index in [1.165, 1.54) is 17.2 Å². The van der Waals surface area contributed by atoms with E-state index in [1.54, 1.807) is 0 Å². The number of hydrazine groups is 1. The Balaban J connectivity index is 1.50. The Morgan fingerprint density at radius 3 is 2.78 bits per heavy atom. The van der Waals surface area contributed by atoms with Gasteiger partial charge in [-0.15, -0.1) is 0 Å². The van der Waals surface area contributed by atoms with Gasteiger partial charge in [-0.1, -0.05) is 6.07 Å². The minimum absolute atomic E-state index is 0.0960.